The average Bonchev–Trinajstić information content (AvgIpc) is 2.02. The predicted molar refractivity (Wildman–Crippen MR) is 50.8 cm³/mol. The molecule has 0 spiro atoms. The lowest BCUT2D eigenvalue weighted by atomic mass is 9.82. The highest BCUT2D eigenvalue weighted by molar-refractivity contribution is 4.83. The third-order valence-electron chi connectivity index (χ3n) is 3.16. The van der Waals surface area contributed by atoms with Gasteiger partial charge < -0.3 is 14.8 Å². The highest BCUT2D eigenvalue weighted by Crippen LogP contribution is 2.28. The Hall–Kier alpha value is -0.120. The molecule has 0 unspecified atom stereocenters. The molecule has 76 valence electrons. The van der Waals surface area contributed by atoms with Crippen molar-refractivity contribution in [2.24, 2.45) is 5.41 Å². The zero-order chi connectivity index (χ0) is 9.15. The Kier molecular flexibility index (Phi) is 2.86. The second kappa shape index (κ2) is 3.95. The number of rotatable bonds is 3. The number of ether oxygens (including phenoxy) is 2. The van der Waals surface area contributed by atoms with E-state index < -0.39 is 0 Å². The van der Waals surface area contributed by atoms with Crippen molar-refractivity contribution in [3.8, 4) is 0 Å². The van der Waals surface area contributed by atoms with Crippen LogP contribution in [0.25, 0.3) is 0 Å². The third kappa shape index (κ3) is 2.42. The maximum atomic E-state index is 5.36. The van der Waals surface area contributed by atoms with Crippen molar-refractivity contribution in [1.82, 2.24) is 5.32 Å². The standard InChI is InChI=1S/C10H19NO2/c1-10(2-4-12-5-3-10)8-11-9-6-13-7-9/h9,11H,2-8H2,1H3. The van der Waals surface area contributed by atoms with Crippen LogP contribution in [-0.4, -0.2) is 39.0 Å². The molecule has 0 amide bonds. The zero-order valence-corrected chi connectivity index (χ0v) is 8.34. The van der Waals surface area contributed by atoms with Crippen molar-refractivity contribution >= 4 is 0 Å². The maximum absolute atomic E-state index is 5.36. The summed E-state index contributed by atoms with van der Waals surface area (Å²) in [6.45, 7) is 7.12. The molecular formula is C10H19NO2. The van der Waals surface area contributed by atoms with Crippen LogP contribution in [0.4, 0.5) is 0 Å². The molecule has 0 aliphatic carbocycles. The summed E-state index contributed by atoms with van der Waals surface area (Å²) in [4.78, 5) is 0. The lowest BCUT2D eigenvalue weighted by molar-refractivity contribution is -0.0200. The van der Waals surface area contributed by atoms with E-state index in [0.29, 0.717) is 11.5 Å². The topological polar surface area (TPSA) is 30.5 Å². The molecule has 3 heteroatoms. The molecule has 2 saturated heterocycles. The molecule has 2 heterocycles. The van der Waals surface area contributed by atoms with Crippen molar-refractivity contribution in [2.45, 2.75) is 25.8 Å². The van der Waals surface area contributed by atoms with Gasteiger partial charge in [-0.2, -0.15) is 0 Å². The zero-order valence-electron chi connectivity index (χ0n) is 8.34. The van der Waals surface area contributed by atoms with E-state index in [1.165, 1.54) is 12.8 Å². The fraction of sp³-hybridized carbons (Fsp3) is 1.00. The first-order valence-corrected chi connectivity index (χ1v) is 5.17. The summed E-state index contributed by atoms with van der Waals surface area (Å²) in [5.74, 6) is 0. The molecule has 0 aromatic rings. The number of hydrogen-bond donors (Lipinski definition) is 1. The van der Waals surface area contributed by atoms with Crippen LogP contribution in [0.2, 0.25) is 0 Å². The molecule has 1 N–H and O–H groups in total. The highest BCUT2D eigenvalue weighted by atomic mass is 16.5. The van der Waals surface area contributed by atoms with Gasteiger partial charge in [0.25, 0.3) is 0 Å². The molecule has 2 fully saturated rings. The smallest absolute Gasteiger partial charge is 0.0643 e. The molecule has 2 rings (SSSR count). The SMILES string of the molecule is CC1(CNC2COC2)CCOCC1. The molecular weight excluding hydrogens is 166 g/mol. The van der Waals surface area contributed by atoms with Crippen LogP contribution in [0.5, 0.6) is 0 Å². The summed E-state index contributed by atoms with van der Waals surface area (Å²) in [6, 6.07) is 0.611. The molecule has 0 radical (unpaired) electrons. The van der Waals surface area contributed by atoms with E-state index in [1.807, 2.05) is 0 Å². The van der Waals surface area contributed by atoms with Gasteiger partial charge in [0.1, 0.15) is 0 Å². The van der Waals surface area contributed by atoms with E-state index in [-0.39, 0.29) is 0 Å². The number of hydrogen-bond acceptors (Lipinski definition) is 3. The summed E-state index contributed by atoms with van der Waals surface area (Å²) >= 11 is 0. The van der Waals surface area contributed by atoms with E-state index in [0.717, 1.165) is 33.0 Å². The van der Waals surface area contributed by atoms with Gasteiger partial charge in [-0.05, 0) is 18.3 Å². The van der Waals surface area contributed by atoms with Crippen LogP contribution >= 0.6 is 0 Å². The van der Waals surface area contributed by atoms with E-state index in [1.54, 1.807) is 0 Å². The minimum Gasteiger partial charge on any atom is -0.381 e. The van der Waals surface area contributed by atoms with E-state index >= 15 is 0 Å². The second-order valence-corrected chi connectivity index (χ2v) is 4.54. The Morgan fingerprint density at radius 2 is 1.92 bits per heavy atom. The Morgan fingerprint density at radius 3 is 2.46 bits per heavy atom. The van der Waals surface area contributed by atoms with Gasteiger partial charge in [0, 0.05) is 19.8 Å². The van der Waals surface area contributed by atoms with Gasteiger partial charge in [0.2, 0.25) is 0 Å². The van der Waals surface area contributed by atoms with Gasteiger partial charge in [-0.15, -0.1) is 0 Å². The molecule has 0 aromatic carbocycles. The highest BCUT2D eigenvalue weighted by Gasteiger charge is 2.29. The molecule has 0 saturated carbocycles. The second-order valence-electron chi connectivity index (χ2n) is 4.54. The van der Waals surface area contributed by atoms with Crippen molar-refractivity contribution in [3.63, 3.8) is 0 Å². The van der Waals surface area contributed by atoms with Crippen molar-refractivity contribution in [1.29, 1.82) is 0 Å². The molecule has 2 aliphatic heterocycles. The molecule has 0 bridgehead atoms. The predicted octanol–water partition coefficient (Wildman–Crippen LogP) is 0.791. The van der Waals surface area contributed by atoms with Gasteiger partial charge >= 0.3 is 0 Å². The Morgan fingerprint density at radius 1 is 1.23 bits per heavy atom. The van der Waals surface area contributed by atoms with Gasteiger partial charge in [-0.1, -0.05) is 6.92 Å². The molecule has 13 heavy (non-hydrogen) atoms. The average molecular weight is 185 g/mol. The van der Waals surface area contributed by atoms with Crippen LogP contribution in [-0.2, 0) is 9.47 Å². The normalized spacial score (nSPS) is 28.4. The van der Waals surface area contributed by atoms with Gasteiger partial charge in [-0.3, -0.25) is 0 Å². The van der Waals surface area contributed by atoms with Crippen LogP contribution in [0.15, 0.2) is 0 Å². The van der Waals surface area contributed by atoms with Crippen molar-refractivity contribution in [3.05, 3.63) is 0 Å². The summed E-state index contributed by atoms with van der Waals surface area (Å²) in [7, 11) is 0. The lowest BCUT2D eigenvalue weighted by Crippen LogP contribution is -2.50. The maximum Gasteiger partial charge on any atom is 0.0643 e. The van der Waals surface area contributed by atoms with Crippen LogP contribution in [0.1, 0.15) is 19.8 Å². The minimum absolute atomic E-state index is 0.452. The summed E-state index contributed by atoms with van der Waals surface area (Å²) in [6.07, 6.45) is 2.38. The first-order chi connectivity index (χ1) is 6.29. The first kappa shape index (κ1) is 9.44. The fourth-order valence-corrected chi connectivity index (χ4v) is 1.79. The largest absolute Gasteiger partial charge is 0.381 e. The van der Waals surface area contributed by atoms with E-state index in [4.69, 9.17) is 9.47 Å². The molecule has 3 nitrogen and oxygen atoms in total. The van der Waals surface area contributed by atoms with Crippen LogP contribution in [0, 0.1) is 5.41 Å². The summed E-state index contributed by atoms with van der Waals surface area (Å²) in [5.41, 5.74) is 0.452. The van der Waals surface area contributed by atoms with Gasteiger partial charge in [-0.25, -0.2) is 0 Å². The van der Waals surface area contributed by atoms with Crippen molar-refractivity contribution in [2.75, 3.05) is 33.0 Å². The van der Waals surface area contributed by atoms with Crippen LogP contribution in [0.3, 0.4) is 0 Å². The van der Waals surface area contributed by atoms with E-state index in [2.05, 4.69) is 12.2 Å². The first-order valence-electron chi connectivity index (χ1n) is 5.17. The van der Waals surface area contributed by atoms with E-state index in [9.17, 15) is 0 Å². The minimum atomic E-state index is 0.452. The monoisotopic (exact) mass is 185 g/mol. The summed E-state index contributed by atoms with van der Waals surface area (Å²) < 4.78 is 10.5. The fourth-order valence-electron chi connectivity index (χ4n) is 1.79. The molecule has 0 atom stereocenters. The van der Waals surface area contributed by atoms with Crippen LogP contribution < -0.4 is 5.32 Å². The van der Waals surface area contributed by atoms with Crippen molar-refractivity contribution < 1.29 is 9.47 Å². The lowest BCUT2D eigenvalue weighted by Gasteiger charge is -2.37. The quantitative estimate of drug-likeness (QED) is 0.705. The van der Waals surface area contributed by atoms with Gasteiger partial charge in [0.05, 0.1) is 19.3 Å². The Labute approximate surface area is 79.8 Å². The molecule has 0 aromatic heterocycles. The Bertz CT molecular complexity index is 162. The summed E-state index contributed by atoms with van der Waals surface area (Å²) in [5, 5.41) is 3.55. The molecule has 2 aliphatic rings. The van der Waals surface area contributed by atoms with Gasteiger partial charge in [0.15, 0.2) is 0 Å². The Balaban J connectivity index is 1.71. The number of nitrogens with one attached hydrogen (secondary N) is 1. The third-order valence-corrected chi connectivity index (χ3v) is 3.16.